The van der Waals surface area contributed by atoms with Gasteiger partial charge in [0.2, 0.25) is 11.9 Å². The van der Waals surface area contributed by atoms with Gasteiger partial charge in [0, 0.05) is 18.9 Å². The van der Waals surface area contributed by atoms with E-state index in [4.69, 9.17) is 5.73 Å². The molecule has 1 amide bonds. The molecule has 0 fully saturated rings. The van der Waals surface area contributed by atoms with Gasteiger partial charge in [-0.1, -0.05) is 20.8 Å². The van der Waals surface area contributed by atoms with Crippen LogP contribution in [0.15, 0.2) is 12.4 Å². The van der Waals surface area contributed by atoms with Gasteiger partial charge in [-0.3, -0.25) is 10.1 Å². The van der Waals surface area contributed by atoms with Gasteiger partial charge in [0.15, 0.2) is 0 Å². The van der Waals surface area contributed by atoms with E-state index in [9.17, 15) is 4.79 Å². The summed E-state index contributed by atoms with van der Waals surface area (Å²) < 4.78 is 1.92. The van der Waals surface area contributed by atoms with Crippen LogP contribution in [0.25, 0.3) is 0 Å². The molecule has 0 spiro atoms. The largest absolute Gasteiger partial charge is 0.320 e. The fourth-order valence-electron chi connectivity index (χ4n) is 1.36. The Morgan fingerprint density at radius 3 is 2.88 bits per heavy atom. The number of amides is 1. The monoisotopic (exact) mass is 224 g/mol. The number of aromatic nitrogens is 2. The first-order valence-electron chi connectivity index (χ1n) is 5.62. The fraction of sp³-hybridized carbons (Fsp3) is 0.636. The molecule has 16 heavy (non-hydrogen) atoms. The first-order valence-corrected chi connectivity index (χ1v) is 5.62. The predicted molar refractivity (Wildman–Crippen MR) is 64.0 cm³/mol. The maximum atomic E-state index is 11.6. The molecule has 0 aromatic carbocycles. The summed E-state index contributed by atoms with van der Waals surface area (Å²) in [5.41, 5.74) is 5.64. The summed E-state index contributed by atoms with van der Waals surface area (Å²) in [6.07, 6.45) is 4.15. The number of carbonyl (C=O) groups excluding carboxylic acids is 1. The number of nitrogens with two attached hydrogens (primary N) is 1. The first-order chi connectivity index (χ1) is 7.54. The number of rotatable bonds is 5. The summed E-state index contributed by atoms with van der Waals surface area (Å²) in [6, 6.07) is -0.468. The number of nitrogens with one attached hydrogen (secondary N) is 1. The summed E-state index contributed by atoms with van der Waals surface area (Å²) in [6.45, 7) is 6.94. The Balaban J connectivity index is 2.66. The number of anilines is 1. The van der Waals surface area contributed by atoms with Crippen molar-refractivity contribution in [3.63, 3.8) is 0 Å². The van der Waals surface area contributed by atoms with E-state index in [2.05, 4.69) is 24.1 Å². The lowest BCUT2D eigenvalue weighted by Crippen LogP contribution is -2.35. The zero-order chi connectivity index (χ0) is 12.1. The third-order valence-corrected chi connectivity index (χ3v) is 2.29. The molecule has 90 valence electrons. The second-order valence-electron chi connectivity index (χ2n) is 4.30. The Labute approximate surface area is 96.0 Å². The van der Waals surface area contributed by atoms with Gasteiger partial charge in [-0.15, -0.1) is 0 Å². The van der Waals surface area contributed by atoms with Crippen molar-refractivity contribution in [3.8, 4) is 0 Å². The topological polar surface area (TPSA) is 72.9 Å². The lowest BCUT2D eigenvalue weighted by Gasteiger charge is -2.13. The molecule has 0 unspecified atom stereocenters. The van der Waals surface area contributed by atoms with Crippen LogP contribution in [0.4, 0.5) is 5.95 Å². The van der Waals surface area contributed by atoms with E-state index >= 15 is 0 Å². The fourth-order valence-corrected chi connectivity index (χ4v) is 1.36. The summed E-state index contributed by atoms with van der Waals surface area (Å²) in [5, 5.41) is 2.73. The average molecular weight is 224 g/mol. The lowest BCUT2D eigenvalue weighted by atomic mass is 10.2. The zero-order valence-electron chi connectivity index (χ0n) is 10.1. The van der Waals surface area contributed by atoms with Crippen molar-refractivity contribution in [3.05, 3.63) is 12.4 Å². The Morgan fingerprint density at radius 1 is 1.62 bits per heavy atom. The van der Waals surface area contributed by atoms with Crippen LogP contribution in [-0.2, 0) is 11.3 Å². The third kappa shape index (κ3) is 3.34. The minimum Gasteiger partial charge on any atom is -0.320 e. The van der Waals surface area contributed by atoms with Crippen LogP contribution in [0.5, 0.6) is 0 Å². The van der Waals surface area contributed by atoms with Crippen molar-refractivity contribution in [2.24, 2.45) is 11.7 Å². The molecule has 0 bridgehead atoms. The molecule has 0 aliphatic rings. The molecule has 0 saturated heterocycles. The van der Waals surface area contributed by atoms with Crippen LogP contribution in [0.3, 0.4) is 0 Å². The summed E-state index contributed by atoms with van der Waals surface area (Å²) in [5.74, 6) is 0.894. The summed E-state index contributed by atoms with van der Waals surface area (Å²) in [7, 11) is 0. The van der Waals surface area contributed by atoms with Crippen molar-refractivity contribution in [2.75, 3.05) is 5.32 Å². The average Bonchev–Trinajstić information content (AvgIpc) is 2.63. The molecular formula is C11H20N4O. The van der Waals surface area contributed by atoms with Gasteiger partial charge < -0.3 is 10.3 Å². The van der Waals surface area contributed by atoms with Gasteiger partial charge in [-0.25, -0.2) is 4.98 Å². The van der Waals surface area contributed by atoms with Gasteiger partial charge >= 0.3 is 0 Å². The van der Waals surface area contributed by atoms with Crippen LogP contribution in [0, 0.1) is 5.92 Å². The molecular weight excluding hydrogens is 204 g/mol. The summed E-state index contributed by atoms with van der Waals surface area (Å²) >= 11 is 0. The van der Waals surface area contributed by atoms with Crippen LogP contribution in [0.2, 0.25) is 0 Å². The van der Waals surface area contributed by atoms with Crippen LogP contribution >= 0.6 is 0 Å². The SMILES string of the molecule is CC[C@H](N)C(=O)Nc1nccn1CC(C)C. The second-order valence-corrected chi connectivity index (χ2v) is 4.30. The number of imidazole rings is 1. The van der Waals surface area contributed by atoms with E-state index in [1.54, 1.807) is 6.20 Å². The molecule has 3 N–H and O–H groups in total. The molecule has 1 atom stereocenters. The maximum Gasteiger partial charge on any atom is 0.243 e. The Kier molecular flexibility index (Phi) is 4.49. The van der Waals surface area contributed by atoms with E-state index in [1.807, 2.05) is 17.7 Å². The maximum absolute atomic E-state index is 11.6. The smallest absolute Gasteiger partial charge is 0.243 e. The highest BCUT2D eigenvalue weighted by molar-refractivity contribution is 5.93. The minimum atomic E-state index is -0.468. The van der Waals surface area contributed by atoms with Crippen LogP contribution in [0.1, 0.15) is 27.2 Å². The quantitative estimate of drug-likeness (QED) is 0.789. The third-order valence-electron chi connectivity index (χ3n) is 2.29. The van der Waals surface area contributed by atoms with E-state index in [-0.39, 0.29) is 5.91 Å². The van der Waals surface area contributed by atoms with E-state index in [0.717, 1.165) is 6.54 Å². The highest BCUT2D eigenvalue weighted by atomic mass is 16.2. The Hall–Kier alpha value is -1.36. The van der Waals surface area contributed by atoms with E-state index < -0.39 is 6.04 Å². The Morgan fingerprint density at radius 2 is 2.31 bits per heavy atom. The van der Waals surface area contributed by atoms with Crippen LogP contribution < -0.4 is 11.1 Å². The molecule has 1 aromatic rings. The molecule has 1 rings (SSSR count). The molecule has 5 heteroatoms. The minimum absolute atomic E-state index is 0.182. The van der Waals surface area contributed by atoms with Gasteiger partial charge in [-0.2, -0.15) is 0 Å². The lowest BCUT2D eigenvalue weighted by molar-refractivity contribution is -0.117. The molecule has 0 aliphatic heterocycles. The highest BCUT2D eigenvalue weighted by Crippen LogP contribution is 2.08. The predicted octanol–water partition coefficient (Wildman–Crippen LogP) is 1.21. The van der Waals surface area contributed by atoms with Gasteiger partial charge in [-0.05, 0) is 12.3 Å². The Bertz CT molecular complexity index is 346. The number of nitrogens with zero attached hydrogens (tertiary/aromatic N) is 2. The molecule has 1 heterocycles. The summed E-state index contributed by atoms with van der Waals surface area (Å²) in [4.78, 5) is 15.7. The normalized spacial score (nSPS) is 12.8. The number of hydrogen-bond donors (Lipinski definition) is 2. The molecule has 5 nitrogen and oxygen atoms in total. The van der Waals surface area contributed by atoms with Crippen molar-refractivity contribution >= 4 is 11.9 Å². The van der Waals surface area contributed by atoms with Gasteiger partial charge in [0.25, 0.3) is 0 Å². The number of carbonyl (C=O) groups is 1. The number of hydrogen-bond acceptors (Lipinski definition) is 3. The van der Waals surface area contributed by atoms with E-state index in [1.165, 1.54) is 0 Å². The van der Waals surface area contributed by atoms with Gasteiger partial charge in [0.05, 0.1) is 6.04 Å². The second kappa shape index (κ2) is 5.65. The molecule has 1 aromatic heterocycles. The van der Waals surface area contributed by atoms with Gasteiger partial charge in [0.1, 0.15) is 0 Å². The van der Waals surface area contributed by atoms with Crippen molar-refractivity contribution in [1.29, 1.82) is 0 Å². The highest BCUT2D eigenvalue weighted by Gasteiger charge is 2.13. The molecule has 0 saturated carbocycles. The van der Waals surface area contributed by atoms with Crippen LogP contribution in [-0.4, -0.2) is 21.5 Å². The van der Waals surface area contributed by atoms with Crippen molar-refractivity contribution < 1.29 is 4.79 Å². The zero-order valence-corrected chi connectivity index (χ0v) is 10.1. The molecule has 0 aliphatic carbocycles. The van der Waals surface area contributed by atoms with Crippen molar-refractivity contribution in [2.45, 2.75) is 39.8 Å². The molecule has 0 radical (unpaired) electrons. The standard InChI is InChI=1S/C11H20N4O/c1-4-9(12)10(16)14-11-13-5-6-15(11)7-8(2)3/h5-6,8-9H,4,7,12H2,1-3H3,(H,13,14,16)/t9-/m0/s1. The first kappa shape index (κ1) is 12.7. The van der Waals surface area contributed by atoms with Crippen molar-refractivity contribution in [1.82, 2.24) is 9.55 Å². The van der Waals surface area contributed by atoms with E-state index in [0.29, 0.717) is 18.3 Å².